The van der Waals surface area contributed by atoms with E-state index in [-0.39, 0.29) is 19.1 Å². The van der Waals surface area contributed by atoms with Crippen LogP contribution in [-0.2, 0) is 16.1 Å². The van der Waals surface area contributed by atoms with E-state index in [9.17, 15) is 14.0 Å². The van der Waals surface area contributed by atoms with E-state index < -0.39 is 23.3 Å². The SMILES string of the molecule is C[C@H](C(=O)NC(C)(C)C)N(Cc1ccc(Cl)c(Cl)c1)C(=O)COc1ccc(F)cc1. The molecule has 1 atom stereocenters. The molecule has 1 N–H and O–H groups in total. The van der Waals surface area contributed by atoms with E-state index in [4.69, 9.17) is 27.9 Å². The van der Waals surface area contributed by atoms with E-state index in [0.717, 1.165) is 5.56 Å². The Bertz CT molecular complexity index is 898. The van der Waals surface area contributed by atoms with Crippen LogP contribution >= 0.6 is 23.2 Å². The van der Waals surface area contributed by atoms with Crippen molar-refractivity contribution in [2.24, 2.45) is 0 Å². The minimum absolute atomic E-state index is 0.140. The van der Waals surface area contributed by atoms with Crippen molar-refractivity contribution in [3.8, 4) is 5.75 Å². The highest BCUT2D eigenvalue weighted by Crippen LogP contribution is 2.24. The van der Waals surface area contributed by atoms with Crippen LogP contribution in [0.15, 0.2) is 42.5 Å². The summed E-state index contributed by atoms with van der Waals surface area (Å²) < 4.78 is 18.5. The van der Waals surface area contributed by atoms with Crippen molar-refractivity contribution < 1.29 is 18.7 Å². The molecular formula is C22H25Cl2FN2O3. The number of carbonyl (C=O) groups is 2. The van der Waals surface area contributed by atoms with Gasteiger partial charge in [-0.3, -0.25) is 9.59 Å². The van der Waals surface area contributed by atoms with Gasteiger partial charge in [-0.25, -0.2) is 4.39 Å². The van der Waals surface area contributed by atoms with Gasteiger partial charge in [-0.15, -0.1) is 0 Å². The molecule has 8 heteroatoms. The number of halogens is 3. The molecule has 0 aliphatic heterocycles. The van der Waals surface area contributed by atoms with Gasteiger partial charge in [0.2, 0.25) is 5.91 Å². The third-order valence-corrected chi connectivity index (χ3v) is 4.92. The zero-order chi connectivity index (χ0) is 22.5. The lowest BCUT2D eigenvalue weighted by Gasteiger charge is -2.31. The van der Waals surface area contributed by atoms with Crippen LogP contribution in [0, 0.1) is 5.82 Å². The molecule has 0 saturated carbocycles. The molecule has 0 fully saturated rings. The van der Waals surface area contributed by atoms with Gasteiger partial charge in [0.25, 0.3) is 5.91 Å². The summed E-state index contributed by atoms with van der Waals surface area (Å²) in [6.07, 6.45) is 0. The number of nitrogens with one attached hydrogen (secondary N) is 1. The second kappa shape index (κ2) is 10.1. The van der Waals surface area contributed by atoms with Crippen molar-refractivity contribution in [1.29, 1.82) is 0 Å². The van der Waals surface area contributed by atoms with Crippen LogP contribution in [0.25, 0.3) is 0 Å². The van der Waals surface area contributed by atoms with Gasteiger partial charge in [0.15, 0.2) is 6.61 Å². The minimum atomic E-state index is -0.761. The fraction of sp³-hybridized carbons (Fsp3) is 0.364. The number of amides is 2. The highest BCUT2D eigenvalue weighted by molar-refractivity contribution is 6.42. The average molecular weight is 455 g/mol. The molecule has 5 nitrogen and oxygen atoms in total. The lowest BCUT2D eigenvalue weighted by molar-refractivity contribution is -0.142. The predicted octanol–water partition coefficient (Wildman–Crippen LogP) is 4.84. The van der Waals surface area contributed by atoms with Crippen LogP contribution in [0.3, 0.4) is 0 Å². The Labute approximate surface area is 186 Å². The quantitative estimate of drug-likeness (QED) is 0.650. The standard InChI is InChI=1S/C22H25Cl2FN2O3/c1-14(21(29)26-22(2,3)4)27(12-15-5-10-18(23)19(24)11-15)20(28)13-30-17-8-6-16(25)7-9-17/h5-11,14H,12-13H2,1-4H3,(H,26,29)/t14-/m1/s1. The van der Waals surface area contributed by atoms with E-state index in [1.165, 1.54) is 29.2 Å². The molecule has 0 saturated heterocycles. The highest BCUT2D eigenvalue weighted by atomic mass is 35.5. The van der Waals surface area contributed by atoms with Gasteiger partial charge in [-0.2, -0.15) is 0 Å². The first-order chi connectivity index (χ1) is 14.0. The van der Waals surface area contributed by atoms with Crippen LogP contribution in [0.1, 0.15) is 33.3 Å². The van der Waals surface area contributed by atoms with E-state index in [2.05, 4.69) is 5.32 Å². The zero-order valence-electron chi connectivity index (χ0n) is 17.3. The molecule has 2 rings (SSSR count). The van der Waals surface area contributed by atoms with Gasteiger partial charge >= 0.3 is 0 Å². The van der Waals surface area contributed by atoms with Crippen molar-refractivity contribution in [2.45, 2.75) is 45.8 Å². The number of nitrogens with zero attached hydrogens (tertiary/aromatic N) is 1. The fourth-order valence-electron chi connectivity index (χ4n) is 2.65. The number of carbonyl (C=O) groups excluding carboxylic acids is 2. The maximum Gasteiger partial charge on any atom is 0.261 e. The molecule has 162 valence electrons. The predicted molar refractivity (Wildman–Crippen MR) is 116 cm³/mol. The van der Waals surface area contributed by atoms with Gasteiger partial charge in [0.05, 0.1) is 10.0 Å². The van der Waals surface area contributed by atoms with Gasteiger partial charge in [0.1, 0.15) is 17.6 Å². The van der Waals surface area contributed by atoms with Crippen LogP contribution in [0.2, 0.25) is 10.0 Å². The third kappa shape index (κ3) is 7.18. The zero-order valence-corrected chi connectivity index (χ0v) is 18.9. The molecule has 2 aromatic rings. The molecule has 0 aliphatic carbocycles. The molecule has 0 spiro atoms. The number of hydrogen-bond acceptors (Lipinski definition) is 3. The molecule has 0 radical (unpaired) electrons. The summed E-state index contributed by atoms with van der Waals surface area (Å²) in [5, 5.41) is 3.63. The second-order valence-electron chi connectivity index (χ2n) is 7.93. The molecule has 0 aromatic heterocycles. The summed E-state index contributed by atoms with van der Waals surface area (Å²) in [6.45, 7) is 7.07. The third-order valence-electron chi connectivity index (χ3n) is 4.18. The first-order valence-electron chi connectivity index (χ1n) is 9.40. The summed E-state index contributed by atoms with van der Waals surface area (Å²) in [7, 11) is 0. The number of benzene rings is 2. The van der Waals surface area contributed by atoms with Crippen molar-refractivity contribution in [3.63, 3.8) is 0 Å². The highest BCUT2D eigenvalue weighted by Gasteiger charge is 2.28. The topological polar surface area (TPSA) is 58.6 Å². The van der Waals surface area contributed by atoms with E-state index in [0.29, 0.717) is 15.8 Å². The molecular weight excluding hydrogens is 430 g/mol. The van der Waals surface area contributed by atoms with Crippen molar-refractivity contribution >= 4 is 35.0 Å². The van der Waals surface area contributed by atoms with Crippen LogP contribution in [0.5, 0.6) is 5.75 Å². The lowest BCUT2D eigenvalue weighted by atomic mass is 10.1. The summed E-state index contributed by atoms with van der Waals surface area (Å²) in [5.41, 5.74) is 0.267. The summed E-state index contributed by atoms with van der Waals surface area (Å²) in [5.74, 6) is -0.743. The van der Waals surface area contributed by atoms with E-state index >= 15 is 0 Å². The monoisotopic (exact) mass is 454 g/mol. The summed E-state index contributed by atoms with van der Waals surface area (Å²) in [4.78, 5) is 27.0. The van der Waals surface area contributed by atoms with Crippen molar-refractivity contribution in [1.82, 2.24) is 10.2 Å². The molecule has 30 heavy (non-hydrogen) atoms. The fourth-order valence-corrected chi connectivity index (χ4v) is 2.97. The maximum atomic E-state index is 13.1. The normalized spacial score (nSPS) is 12.2. The maximum absolute atomic E-state index is 13.1. The van der Waals surface area contributed by atoms with Crippen LogP contribution in [-0.4, -0.2) is 34.9 Å². The molecule has 2 amide bonds. The average Bonchev–Trinajstić information content (AvgIpc) is 2.66. The lowest BCUT2D eigenvalue weighted by Crippen LogP contribution is -2.53. The Morgan fingerprint density at radius 3 is 2.30 bits per heavy atom. The van der Waals surface area contributed by atoms with E-state index in [1.807, 2.05) is 20.8 Å². The number of rotatable bonds is 7. The molecule has 0 unspecified atom stereocenters. The largest absolute Gasteiger partial charge is 0.484 e. The van der Waals surface area contributed by atoms with Crippen LogP contribution in [0.4, 0.5) is 4.39 Å². The number of ether oxygens (including phenoxy) is 1. The van der Waals surface area contributed by atoms with Gasteiger partial charge in [-0.05, 0) is 69.7 Å². The van der Waals surface area contributed by atoms with Crippen LogP contribution < -0.4 is 10.1 Å². The first kappa shape index (κ1) is 24.0. The van der Waals surface area contributed by atoms with Gasteiger partial charge < -0.3 is 15.0 Å². The molecule has 0 heterocycles. The molecule has 2 aromatic carbocycles. The van der Waals surface area contributed by atoms with E-state index in [1.54, 1.807) is 25.1 Å². The molecule has 0 aliphatic rings. The Morgan fingerprint density at radius 1 is 1.10 bits per heavy atom. The Morgan fingerprint density at radius 2 is 1.73 bits per heavy atom. The smallest absolute Gasteiger partial charge is 0.261 e. The Balaban J connectivity index is 2.19. The summed E-state index contributed by atoms with van der Waals surface area (Å²) in [6, 6.07) is 9.62. The summed E-state index contributed by atoms with van der Waals surface area (Å²) >= 11 is 12.1. The van der Waals surface area contributed by atoms with Gasteiger partial charge in [-0.1, -0.05) is 29.3 Å². The second-order valence-corrected chi connectivity index (χ2v) is 8.74. The Hall–Kier alpha value is -2.31. The van der Waals surface area contributed by atoms with Gasteiger partial charge in [0, 0.05) is 12.1 Å². The minimum Gasteiger partial charge on any atom is -0.484 e. The van der Waals surface area contributed by atoms with Crippen molar-refractivity contribution in [2.75, 3.05) is 6.61 Å². The first-order valence-corrected chi connectivity index (χ1v) is 10.2. The Kier molecular flexibility index (Phi) is 8.10. The number of hydrogen-bond donors (Lipinski definition) is 1. The van der Waals surface area contributed by atoms with Crippen molar-refractivity contribution in [3.05, 3.63) is 63.9 Å². The molecule has 0 bridgehead atoms.